The van der Waals surface area contributed by atoms with Crippen LogP contribution in [0.5, 0.6) is 6.01 Å². The van der Waals surface area contributed by atoms with Crippen LogP contribution in [0.2, 0.25) is 5.02 Å². The third-order valence-electron chi connectivity index (χ3n) is 9.03. The molecular formula is C31H34ClN7O. The lowest BCUT2D eigenvalue weighted by molar-refractivity contribution is 0.187. The van der Waals surface area contributed by atoms with E-state index in [9.17, 15) is 5.26 Å². The minimum absolute atomic E-state index is 0.179. The van der Waals surface area contributed by atoms with Crippen LogP contribution in [0.15, 0.2) is 48.0 Å². The Hall–Kier alpha value is -3.38. The van der Waals surface area contributed by atoms with E-state index in [-0.39, 0.29) is 6.04 Å². The maximum atomic E-state index is 9.27. The van der Waals surface area contributed by atoms with Crippen molar-refractivity contribution in [3.63, 3.8) is 0 Å². The number of piperazine rings is 1. The summed E-state index contributed by atoms with van der Waals surface area (Å²) in [5.74, 6) is 0.991. The van der Waals surface area contributed by atoms with Gasteiger partial charge in [-0.1, -0.05) is 35.9 Å². The van der Waals surface area contributed by atoms with Crippen molar-refractivity contribution in [2.75, 3.05) is 49.6 Å². The van der Waals surface area contributed by atoms with E-state index in [0.717, 1.165) is 78.4 Å². The Morgan fingerprint density at radius 1 is 1.15 bits per heavy atom. The van der Waals surface area contributed by atoms with Gasteiger partial charge in [0.2, 0.25) is 0 Å². The molecule has 3 atom stereocenters. The smallest absolute Gasteiger partial charge is 0.318 e. The molecule has 1 aromatic heterocycles. The number of nitriles is 1. The van der Waals surface area contributed by atoms with Gasteiger partial charge in [0, 0.05) is 60.5 Å². The first kappa shape index (κ1) is 25.6. The van der Waals surface area contributed by atoms with Crippen LogP contribution >= 0.6 is 11.6 Å². The van der Waals surface area contributed by atoms with Crippen molar-refractivity contribution < 1.29 is 4.74 Å². The van der Waals surface area contributed by atoms with Crippen molar-refractivity contribution in [3.05, 3.63) is 64.3 Å². The Balaban J connectivity index is 1.23. The van der Waals surface area contributed by atoms with Gasteiger partial charge in [-0.3, -0.25) is 0 Å². The fraction of sp³-hybridized carbons (Fsp3) is 0.452. The normalized spacial score (nSPS) is 25.4. The zero-order valence-electron chi connectivity index (χ0n) is 22.8. The predicted octanol–water partition coefficient (Wildman–Crippen LogP) is 4.32. The molecule has 0 unspecified atom stereocenters. The highest BCUT2D eigenvalue weighted by molar-refractivity contribution is 6.36. The second kappa shape index (κ2) is 10.5. The summed E-state index contributed by atoms with van der Waals surface area (Å²) in [6, 6.07) is 16.0. The molecule has 5 heterocycles. The maximum Gasteiger partial charge on any atom is 0.318 e. The highest BCUT2D eigenvalue weighted by Crippen LogP contribution is 2.38. The van der Waals surface area contributed by atoms with E-state index < -0.39 is 0 Å². The molecule has 1 N–H and O–H groups in total. The van der Waals surface area contributed by atoms with Crippen molar-refractivity contribution >= 4 is 33.9 Å². The van der Waals surface area contributed by atoms with E-state index in [1.165, 1.54) is 17.6 Å². The number of nitrogens with one attached hydrogen (secondary N) is 1. The molecule has 0 saturated carbocycles. The number of anilines is 2. The van der Waals surface area contributed by atoms with Gasteiger partial charge in [-0.05, 0) is 62.4 Å². The van der Waals surface area contributed by atoms with E-state index in [1.807, 2.05) is 12.1 Å². The number of ether oxygens (including phenoxy) is 1. The summed E-state index contributed by atoms with van der Waals surface area (Å²) in [6.45, 7) is 4.89. The molecule has 8 nitrogen and oxygen atoms in total. The van der Waals surface area contributed by atoms with Crippen LogP contribution in [0, 0.1) is 11.3 Å². The van der Waals surface area contributed by atoms with Crippen molar-refractivity contribution in [3.8, 4) is 12.1 Å². The van der Waals surface area contributed by atoms with E-state index in [0.29, 0.717) is 31.2 Å². The van der Waals surface area contributed by atoms with Crippen LogP contribution in [0.4, 0.5) is 11.5 Å². The van der Waals surface area contributed by atoms with Gasteiger partial charge in [-0.25, -0.2) is 0 Å². The molecule has 0 radical (unpaired) electrons. The van der Waals surface area contributed by atoms with Gasteiger partial charge in [0.1, 0.15) is 12.4 Å². The van der Waals surface area contributed by atoms with Crippen molar-refractivity contribution in [2.45, 2.75) is 50.4 Å². The van der Waals surface area contributed by atoms with Gasteiger partial charge in [0.15, 0.2) is 0 Å². The first-order chi connectivity index (χ1) is 19.6. The standard InChI is InChI=1S/C31H34ClN7O/c1-37-13-4-7-23(37)19-40-31-35-27-18-38(28-9-3-6-20-5-2-8-25(32)29(20)28)14-11-24(27)30(36-31)39-16-22-15-21(10-12-33)26(17-39)34-22/h2-3,5-6,8-10,22-23,26,34H,4,7,11,13-19H2,1H3/b21-10+/t22-,23+,26-/m1/s1. The van der Waals surface area contributed by atoms with Crippen LogP contribution < -0.4 is 19.9 Å². The number of hydrogen-bond acceptors (Lipinski definition) is 8. The molecular weight excluding hydrogens is 522 g/mol. The van der Waals surface area contributed by atoms with Crippen LogP contribution in [0.1, 0.15) is 30.5 Å². The summed E-state index contributed by atoms with van der Waals surface area (Å²) in [4.78, 5) is 17.2. The fourth-order valence-corrected chi connectivity index (χ4v) is 7.24. The first-order valence-corrected chi connectivity index (χ1v) is 14.7. The molecule has 3 saturated heterocycles. The first-order valence-electron chi connectivity index (χ1n) is 14.3. The summed E-state index contributed by atoms with van der Waals surface area (Å²) in [5, 5.41) is 15.9. The molecule has 2 bridgehead atoms. The van der Waals surface area contributed by atoms with Gasteiger partial charge < -0.3 is 24.8 Å². The monoisotopic (exact) mass is 555 g/mol. The van der Waals surface area contributed by atoms with Crippen LogP contribution in [-0.4, -0.2) is 72.8 Å². The third-order valence-corrected chi connectivity index (χ3v) is 9.35. The highest BCUT2D eigenvalue weighted by Gasteiger charge is 2.38. The molecule has 4 aliphatic rings. The summed E-state index contributed by atoms with van der Waals surface area (Å²) < 4.78 is 6.32. The van der Waals surface area contributed by atoms with Crippen LogP contribution in [0.25, 0.3) is 10.8 Å². The molecule has 9 heteroatoms. The average molecular weight is 556 g/mol. The second-order valence-corrected chi connectivity index (χ2v) is 11.9. The number of halogens is 1. The molecule has 206 valence electrons. The Labute approximate surface area is 240 Å². The largest absolute Gasteiger partial charge is 0.462 e. The molecule has 40 heavy (non-hydrogen) atoms. The number of rotatable bonds is 5. The topological polar surface area (TPSA) is 80.5 Å². The summed E-state index contributed by atoms with van der Waals surface area (Å²) in [6.07, 6.45) is 5.81. The molecule has 7 rings (SSSR count). The summed E-state index contributed by atoms with van der Waals surface area (Å²) in [5.41, 5.74) is 4.56. The Bertz CT molecular complexity index is 1510. The minimum Gasteiger partial charge on any atom is -0.462 e. The van der Waals surface area contributed by atoms with E-state index in [2.05, 4.69) is 57.4 Å². The highest BCUT2D eigenvalue weighted by atomic mass is 35.5. The fourth-order valence-electron chi connectivity index (χ4n) is 6.96. The molecule has 0 aliphatic carbocycles. The van der Waals surface area contributed by atoms with E-state index >= 15 is 0 Å². The van der Waals surface area contributed by atoms with E-state index in [1.54, 1.807) is 6.08 Å². The zero-order valence-corrected chi connectivity index (χ0v) is 23.6. The van der Waals surface area contributed by atoms with Gasteiger partial charge in [0.05, 0.1) is 23.3 Å². The van der Waals surface area contributed by atoms with Crippen molar-refractivity contribution in [1.29, 1.82) is 5.26 Å². The summed E-state index contributed by atoms with van der Waals surface area (Å²) >= 11 is 6.70. The van der Waals surface area contributed by atoms with Gasteiger partial charge in [0.25, 0.3) is 0 Å². The number of nitrogens with zero attached hydrogens (tertiary/aromatic N) is 6. The number of likely N-dealkylation sites (N-methyl/N-ethyl adjacent to an activating group) is 1. The Kier molecular flexibility index (Phi) is 6.74. The van der Waals surface area contributed by atoms with Crippen molar-refractivity contribution in [1.82, 2.24) is 20.2 Å². The number of allylic oxidation sites excluding steroid dienone is 1. The lowest BCUT2D eigenvalue weighted by Gasteiger charge is -2.37. The van der Waals surface area contributed by atoms with Gasteiger partial charge in [-0.2, -0.15) is 15.2 Å². The minimum atomic E-state index is 0.179. The Morgan fingerprint density at radius 3 is 2.85 bits per heavy atom. The summed E-state index contributed by atoms with van der Waals surface area (Å²) in [7, 11) is 2.16. The van der Waals surface area contributed by atoms with Crippen LogP contribution in [0.3, 0.4) is 0 Å². The number of likely N-dealkylation sites (tertiary alicyclic amines) is 1. The Morgan fingerprint density at radius 2 is 2.02 bits per heavy atom. The number of benzene rings is 2. The lowest BCUT2D eigenvalue weighted by atomic mass is 10.0. The van der Waals surface area contributed by atoms with Crippen molar-refractivity contribution in [2.24, 2.45) is 0 Å². The number of aromatic nitrogens is 2. The number of hydrogen-bond donors (Lipinski definition) is 1. The van der Waals surface area contributed by atoms with Crippen LogP contribution in [-0.2, 0) is 13.0 Å². The zero-order chi connectivity index (χ0) is 27.2. The van der Waals surface area contributed by atoms with E-state index in [4.69, 9.17) is 26.3 Å². The van der Waals surface area contributed by atoms with Gasteiger partial charge >= 0.3 is 6.01 Å². The number of fused-ring (bicyclic) bond motifs is 4. The average Bonchev–Trinajstić information content (AvgIpc) is 3.51. The third kappa shape index (κ3) is 4.66. The molecule has 2 aromatic carbocycles. The quantitative estimate of drug-likeness (QED) is 0.466. The molecule has 0 spiro atoms. The van der Waals surface area contributed by atoms with Gasteiger partial charge in [-0.15, -0.1) is 0 Å². The second-order valence-electron chi connectivity index (χ2n) is 11.5. The predicted molar refractivity (Wildman–Crippen MR) is 158 cm³/mol. The maximum absolute atomic E-state index is 9.27. The molecule has 4 aliphatic heterocycles. The molecule has 3 fully saturated rings. The molecule has 3 aromatic rings. The lowest BCUT2D eigenvalue weighted by Crippen LogP contribution is -2.52. The molecule has 0 amide bonds. The SMILES string of the molecule is CN1CCC[C@H]1COc1nc2c(c(N3C[C@H]4C/C(=C\C#N)[C@@H](C3)N4)n1)CCN(c1cccc3cccc(Cl)c13)C2.